The van der Waals surface area contributed by atoms with Crippen LogP contribution in [0.2, 0.25) is 0 Å². The topological polar surface area (TPSA) is 63.2 Å². The molecule has 1 amide bonds. The molecule has 2 atom stereocenters. The predicted octanol–water partition coefficient (Wildman–Crippen LogP) is 4.61. The molecule has 3 aromatic rings. The van der Waals surface area contributed by atoms with Gasteiger partial charge < -0.3 is 14.8 Å². The van der Waals surface area contributed by atoms with Gasteiger partial charge in [-0.2, -0.15) is 5.10 Å². The van der Waals surface area contributed by atoms with Crippen LogP contribution in [0.4, 0.5) is 5.69 Å². The molecule has 3 aliphatic heterocycles. The SMILES string of the molecule is CCc1ccc2c(c1)[C@@]1(Oc3c(OC)cccc3[C@H]3CC(c4ccccc4)=NN31)C(=O)N2. The molecule has 0 aliphatic carbocycles. The lowest BCUT2D eigenvalue weighted by molar-refractivity contribution is -0.161. The van der Waals surface area contributed by atoms with E-state index in [9.17, 15) is 4.79 Å². The summed E-state index contributed by atoms with van der Waals surface area (Å²) in [5, 5.41) is 9.89. The largest absolute Gasteiger partial charge is 0.493 e. The molecule has 0 radical (unpaired) electrons. The van der Waals surface area contributed by atoms with Gasteiger partial charge in [0, 0.05) is 12.0 Å². The first kappa shape index (κ1) is 18.9. The second kappa shape index (κ2) is 6.85. The number of methoxy groups -OCH3 is 1. The van der Waals surface area contributed by atoms with E-state index in [2.05, 4.69) is 30.4 Å². The first-order valence-electron chi connectivity index (χ1n) is 10.9. The maximum atomic E-state index is 13.6. The number of hydrogen-bond donors (Lipinski definition) is 1. The van der Waals surface area contributed by atoms with Gasteiger partial charge in [-0.05, 0) is 35.7 Å². The number of hydrazone groups is 1. The lowest BCUT2D eigenvalue weighted by Crippen LogP contribution is -2.55. The third kappa shape index (κ3) is 2.46. The number of aryl methyl sites for hydroxylation is 1. The highest BCUT2D eigenvalue weighted by Gasteiger charge is 2.61. The number of rotatable bonds is 3. The molecule has 6 nitrogen and oxygen atoms in total. The van der Waals surface area contributed by atoms with E-state index in [1.165, 1.54) is 0 Å². The zero-order chi connectivity index (χ0) is 21.9. The van der Waals surface area contributed by atoms with Crippen LogP contribution < -0.4 is 14.8 Å². The standard InChI is InChI=1S/C26H23N3O3/c1-3-16-12-13-20-19(14-16)26(25(30)27-20)29-22(15-21(28-29)17-8-5-4-6-9-17)18-10-7-11-23(31-2)24(18)32-26/h4-14,22H,3,15H2,1-2H3,(H,27,30)/t22-,26-/m1/s1. The molecule has 1 spiro atoms. The van der Waals surface area contributed by atoms with Crippen molar-refractivity contribution in [1.82, 2.24) is 5.01 Å². The van der Waals surface area contributed by atoms with Crippen LogP contribution in [-0.2, 0) is 16.9 Å². The molecule has 0 fully saturated rings. The van der Waals surface area contributed by atoms with Crippen molar-refractivity contribution in [2.75, 3.05) is 12.4 Å². The van der Waals surface area contributed by atoms with Crippen LogP contribution >= 0.6 is 0 Å². The fourth-order valence-corrected chi connectivity index (χ4v) is 4.97. The van der Waals surface area contributed by atoms with Gasteiger partial charge in [0.2, 0.25) is 0 Å². The molecule has 3 heterocycles. The Kier molecular flexibility index (Phi) is 4.05. The van der Waals surface area contributed by atoms with Gasteiger partial charge >= 0.3 is 5.72 Å². The quantitative estimate of drug-likeness (QED) is 0.666. The molecule has 0 saturated carbocycles. The number of fused-ring (bicyclic) bond motifs is 6. The van der Waals surface area contributed by atoms with Gasteiger partial charge in [-0.3, -0.25) is 4.79 Å². The highest BCUT2D eigenvalue weighted by Crippen LogP contribution is 2.56. The number of nitrogens with one attached hydrogen (secondary N) is 1. The van der Waals surface area contributed by atoms with Crippen LogP contribution in [-0.4, -0.2) is 23.7 Å². The Labute approximate surface area is 186 Å². The zero-order valence-electron chi connectivity index (χ0n) is 18.0. The Bertz CT molecular complexity index is 1270. The van der Waals surface area contributed by atoms with Crippen molar-refractivity contribution in [3.8, 4) is 11.5 Å². The Morgan fingerprint density at radius 2 is 2.00 bits per heavy atom. The van der Waals surface area contributed by atoms with E-state index in [1.54, 1.807) is 7.11 Å². The predicted molar refractivity (Wildman–Crippen MR) is 122 cm³/mol. The Hall–Kier alpha value is -3.80. The van der Waals surface area contributed by atoms with E-state index in [-0.39, 0.29) is 11.9 Å². The van der Waals surface area contributed by atoms with Gasteiger partial charge in [-0.25, -0.2) is 5.01 Å². The molecule has 0 bridgehead atoms. The molecule has 160 valence electrons. The van der Waals surface area contributed by atoms with Crippen molar-refractivity contribution >= 4 is 17.3 Å². The molecule has 32 heavy (non-hydrogen) atoms. The number of benzene rings is 3. The average molecular weight is 425 g/mol. The summed E-state index contributed by atoms with van der Waals surface area (Å²) in [4.78, 5) is 13.6. The number of amides is 1. The lowest BCUT2D eigenvalue weighted by Gasteiger charge is -2.44. The van der Waals surface area contributed by atoms with E-state index in [4.69, 9.17) is 14.6 Å². The van der Waals surface area contributed by atoms with Crippen LogP contribution in [0.1, 0.15) is 41.6 Å². The van der Waals surface area contributed by atoms with Crippen molar-refractivity contribution in [1.29, 1.82) is 0 Å². The molecule has 6 heteroatoms. The van der Waals surface area contributed by atoms with Gasteiger partial charge in [0.05, 0.1) is 30.1 Å². The minimum Gasteiger partial charge on any atom is -0.493 e. The summed E-state index contributed by atoms with van der Waals surface area (Å²) < 4.78 is 12.3. The second-order valence-corrected chi connectivity index (χ2v) is 8.29. The number of anilines is 1. The highest BCUT2D eigenvalue weighted by molar-refractivity contribution is 6.07. The number of ether oxygens (including phenoxy) is 2. The number of carbonyl (C=O) groups is 1. The Morgan fingerprint density at radius 3 is 2.78 bits per heavy atom. The van der Waals surface area contributed by atoms with E-state index in [1.807, 2.05) is 53.5 Å². The summed E-state index contributed by atoms with van der Waals surface area (Å²) in [6, 6.07) is 21.8. The minimum absolute atomic E-state index is 0.147. The average Bonchev–Trinajstić information content (AvgIpc) is 3.40. The highest BCUT2D eigenvalue weighted by atomic mass is 16.6. The first-order valence-corrected chi connectivity index (χ1v) is 10.9. The molecule has 3 aliphatic rings. The van der Waals surface area contributed by atoms with E-state index >= 15 is 0 Å². The summed E-state index contributed by atoms with van der Waals surface area (Å²) in [5.41, 5.74) is 4.25. The van der Waals surface area contributed by atoms with Crippen LogP contribution in [0.5, 0.6) is 11.5 Å². The summed E-state index contributed by atoms with van der Waals surface area (Å²) in [5.74, 6) is 0.980. The molecule has 3 aromatic carbocycles. The minimum atomic E-state index is -1.39. The molecular formula is C26H23N3O3. The second-order valence-electron chi connectivity index (χ2n) is 8.29. The Balaban J connectivity index is 1.60. The molecule has 0 aromatic heterocycles. The van der Waals surface area contributed by atoms with Crippen molar-refractivity contribution in [2.45, 2.75) is 31.5 Å². The number of nitrogens with zero attached hydrogens (tertiary/aromatic N) is 2. The lowest BCUT2D eigenvalue weighted by atomic mass is 9.91. The van der Waals surface area contributed by atoms with Crippen molar-refractivity contribution in [3.05, 3.63) is 89.0 Å². The van der Waals surface area contributed by atoms with Gasteiger partial charge in [0.15, 0.2) is 11.5 Å². The monoisotopic (exact) mass is 425 g/mol. The van der Waals surface area contributed by atoms with Crippen LogP contribution in [0.3, 0.4) is 0 Å². The molecule has 6 rings (SSSR count). The van der Waals surface area contributed by atoms with Crippen molar-refractivity contribution in [2.24, 2.45) is 5.10 Å². The van der Waals surface area contributed by atoms with Crippen LogP contribution in [0, 0.1) is 0 Å². The van der Waals surface area contributed by atoms with Gasteiger partial charge in [0.25, 0.3) is 5.91 Å². The summed E-state index contributed by atoms with van der Waals surface area (Å²) in [7, 11) is 1.62. The number of hydrogen-bond acceptors (Lipinski definition) is 5. The van der Waals surface area contributed by atoms with Crippen molar-refractivity contribution < 1.29 is 14.3 Å². The molecule has 0 saturated heterocycles. The molecule has 1 N–H and O–H groups in total. The van der Waals surface area contributed by atoms with Gasteiger partial charge in [0.1, 0.15) is 0 Å². The normalized spacial score (nSPS) is 22.6. The van der Waals surface area contributed by atoms with Gasteiger partial charge in [-0.1, -0.05) is 55.5 Å². The van der Waals surface area contributed by atoms with Crippen LogP contribution in [0.25, 0.3) is 0 Å². The zero-order valence-corrected chi connectivity index (χ0v) is 18.0. The van der Waals surface area contributed by atoms with E-state index in [0.717, 1.165) is 40.1 Å². The first-order chi connectivity index (χ1) is 15.7. The van der Waals surface area contributed by atoms with Crippen molar-refractivity contribution in [3.63, 3.8) is 0 Å². The van der Waals surface area contributed by atoms with E-state index in [0.29, 0.717) is 17.9 Å². The maximum Gasteiger partial charge on any atom is 0.306 e. The van der Waals surface area contributed by atoms with Gasteiger partial charge in [-0.15, -0.1) is 0 Å². The number of para-hydroxylation sites is 1. The fraction of sp³-hybridized carbons (Fsp3) is 0.231. The smallest absolute Gasteiger partial charge is 0.306 e. The summed E-state index contributed by atoms with van der Waals surface area (Å²) in [6.07, 6.45) is 1.53. The maximum absolute atomic E-state index is 13.6. The fourth-order valence-electron chi connectivity index (χ4n) is 4.97. The van der Waals surface area contributed by atoms with Crippen LogP contribution in [0.15, 0.2) is 71.8 Å². The molecule has 0 unspecified atom stereocenters. The summed E-state index contributed by atoms with van der Waals surface area (Å²) >= 11 is 0. The third-order valence-corrected chi connectivity index (χ3v) is 6.59. The summed E-state index contributed by atoms with van der Waals surface area (Å²) in [6.45, 7) is 2.10. The molecular weight excluding hydrogens is 402 g/mol. The Morgan fingerprint density at radius 1 is 1.16 bits per heavy atom. The third-order valence-electron chi connectivity index (χ3n) is 6.59. The van der Waals surface area contributed by atoms with E-state index < -0.39 is 5.72 Å². The number of carbonyl (C=O) groups excluding carboxylic acids is 1.